The van der Waals surface area contributed by atoms with Crippen molar-refractivity contribution in [2.24, 2.45) is 0 Å². The van der Waals surface area contributed by atoms with E-state index in [9.17, 15) is 22.8 Å². The smallest absolute Gasteiger partial charge is 0.368 e. The van der Waals surface area contributed by atoms with E-state index in [0.29, 0.717) is 48.7 Å². The number of alkyl halides is 3. The molecule has 0 atom stereocenters. The fourth-order valence-electron chi connectivity index (χ4n) is 3.97. The van der Waals surface area contributed by atoms with Crippen LogP contribution in [0.4, 0.5) is 18.9 Å². The highest BCUT2D eigenvalue weighted by Gasteiger charge is 2.37. The predicted molar refractivity (Wildman–Crippen MR) is 114 cm³/mol. The second-order valence-corrected chi connectivity index (χ2v) is 8.05. The fraction of sp³-hybridized carbons (Fsp3) is 0.409. The van der Waals surface area contributed by atoms with Crippen molar-refractivity contribution >= 4 is 23.2 Å². The highest BCUT2D eigenvalue weighted by molar-refractivity contribution is 5.94. The molecule has 11 heteroatoms. The molecule has 1 fully saturated rings. The molecule has 1 amide bonds. The highest BCUT2D eigenvalue weighted by Crippen LogP contribution is 2.27. The summed E-state index contributed by atoms with van der Waals surface area (Å²) in [5.41, 5.74) is 3.06. The predicted octanol–water partition coefficient (Wildman–Crippen LogP) is 2.85. The minimum atomic E-state index is -4.67. The van der Waals surface area contributed by atoms with Crippen LogP contribution < -0.4 is 4.90 Å². The topological polar surface area (TPSA) is 83.7 Å². The zero-order valence-electron chi connectivity index (χ0n) is 18.5. The zero-order valence-corrected chi connectivity index (χ0v) is 18.5. The number of benzene rings is 1. The van der Waals surface area contributed by atoms with E-state index >= 15 is 0 Å². The molecule has 174 valence electrons. The van der Waals surface area contributed by atoms with Crippen LogP contribution in [0.3, 0.4) is 0 Å². The molecular weight excluding hydrogens is 437 g/mol. The minimum absolute atomic E-state index is 0.00996. The first-order chi connectivity index (χ1) is 15.5. The second kappa shape index (κ2) is 8.45. The van der Waals surface area contributed by atoms with Gasteiger partial charge >= 0.3 is 6.18 Å². The number of carbonyl (C=O) groups excluding carboxylic acids is 2. The normalized spacial score (nSPS) is 14.7. The number of hydrogen-bond donors (Lipinski definition) is 0. The van der Waals surface area contributed by atoms with Crippen molar-refractivity contribution in [2.45, 2.75) is 33.4 Å². The lowest BCUT2D eigenvalue weighted by molar-refractivity contribution is -0.144. The van der Waals surface area contributed by atoms with E-state index in [1.807, 2.05) is 12.1 Å². The zero-order chi connectivity index (χ0) is 23.9. The Morgan fingerprint density at radius 1 is 1.00 bits per heavy atom. The van der Waals surface area contributed by atoms with Crippen molar-refractivity contribution in [3.05, 3.63) is 52.6 Å². The lowest BCUT2D eigenvalue weighted by atomic mass is 10.1. The van der Waals surface area contributed by atoms with E-state index in [1.165, 1.54) is 6.92 Å². The summed E-state index contributed by atoms with van der Waals surface area (Å²) in [6, 6.07) is 7.38. The Labute approximate surface area is 188 Å². The second-order valence-electron chi connectivity index (χ2n) is 8.05. The van der Waals surface area contributed by atoms with Gasteiger partial charge in [-0.2, -0.15) is 18.2 Å². The lowest BCUT2D eigenvalue weighted by Gasteiger charge is -2.36. The molecule has 1 saturated heterocycles. The van der Waals surface area contributed by atoms with Gasteiger partial charge in [0.2, 0.25) is 5.91 Å². The number of aromatic nitrogens is 4. The van der Waals surface area contributed by atoms with E-state index in [1.54, 1.807) is 30.9 Å². The SMILES string of the molecule is CC(=O)c1ccc(N2CCN(C(=O)Cc3c(C)nc4nc(C(F)(F)F)nn4c3C)CC2)cc1. The quantitative estimate of drug-likeness (QED) is 0.557. The van der Waals surface area contributed by atoms with Gasteiger partial charge in [-0.05, 0) is 45.0 Å². The summed E-state index contributed by atoms with van der Waals surface area (Å²) in [7, 11) is 0. The Morgan fingerprint density at radius 3 is 2.21 bits per heavy atom. The Morgan fingerprint density at radius 2 is 1.64 bits per heavy atom. The van der Waals surface area contributed by atoms with Crippen LogP contribution in [0.1, 0.15) is 40.1 Å². The van der Waals surface area contributed by atoms with Crippen LogP contribution in [0.2, 0.25) is 0 Å². The standard InChI is InChI=1S/C22H23F3N6O2/c1-13-18(14(2)31-21(26-13)27-20(28-31)22(23,24)25)12-19(33)30-10-8-29(9-11-30)17-6-4-16(5-7-17)15(3)32/h4-7H,8-12H2,1-3H3. The Bertz CT molecular complexity index is 1210. The van der Waals surface area contributed by atoms with Crippen molar-refractivity contribution in [3.8, 4) is 0 Å². The fourth-order valence-corrected chi connectivity index (χ4v) is 3.97. The summed E-state index contributed by atoms with van der Waals surface area (Å²) in [6.07, 6.45) is -4.65. The van der Waals surface area contributed by atoms with Crippen LogP contribution in [-0.4, -0.2) is 62.4 Å². The maximum absolute atomic E-state index is 13.0. The van der Waals surface area contributed by atoms with Gasteiger partial charge in [0.05, 0.1) is 6.42 Å². The molecule has 4 rings (SSSR count). The molecule has 1 aliphatic rings. The monoisotopic (exact) mass is 460 g/mol. The Balaban J connectivity index is 1.45. The number of aryl methyl sites for hydroxylation is 2. The molecule has 0 saturated carbocycles. The number of nitrogens with zero attached hydrogens (tertiary/aromatic N) is 6. The summed E-state index contributed by atoms with van der Waals surface area (Å²) in [4.78, 5) is 35.9. The van der Waals surface area contributed by atoms with Crippen LogP contribution in [0, 0.1) is 13.8 Å². The molecule has 33 heavy (non-hydrogen) atoms. The van der Waals surface area contributed by atoms with Crippen LogP contribution in [-0.2, 0) is 17.4 Å². The molecule has 0 bridgehead atoms. The maximum Gasteiger partial charge on any atom is 0.453 e. The van der Waals surface area contributed by atoms with Gasteiger partial charge in [0.25, 0.3) is 11.6 Å². The number of piperazine rings is 1. The van der Waals surface area contributed by atoms with Gasteiger partial charge in [-0.3, -0.25) is 9.59 Å². The van der Waals surface area contributed by atoms with Gasteiger partial charge in [-0.15, -0.1) is 5.10 Å². The number of Topliss-reactive ketones (excluding diaryl/α,β-unsaturated/α-hetero) is 1. The molecule has 0 N–H and O–H groups in total. The summed E-state index contributed by atoms with van der Waals surface area (Å²) in [6.45, 7) is 7.10. The average molecular weight is 460 g/mol. The first-order valence-electron chi connectivity index (χ1n) is 10.5. The number of carbonyl (C=O) groups is 2. The molecule has 3 heterocycles. The molecule has 1 aliphatic heterocycles. The first-order valence-corrected chi connectivity index (χ1v) is 10.5. The van der Waals surface area contributed by atoms with Gasteiger partial charge in [0, 0.05) is 54.4 Å². The number of amides is 1. The van der Waals surface area contributed by atoms with Gasteiger partial charge in [-0.25, -0.2) is 9.50 Å². The number of halogens is 3. The van der Waals surface area contributed by atoms with Crippen molar-refractivity contribution in [2.75, 3.05) is 31.1 Å². The van der Waals surface area contributed by atoms with Crippen molar-refractivity contribution in [3.63, 3.8) is 0 Å². The molecular formula is C22H23F3N6O2. The van der Waals surface area contributed by atoms with Gasteiger partial charge in [0.1, 0.15) is 0 Å². The minimum Gasteiger partial charge on any atom is -0.368 e. The number of fused-ring (bicyclic) bond motifs is 1. The van der Waals surface area contributed by atoms with E-state index < -0.39 is 12.0 Å². The largest absolute Gasteiger partial charge is 0.453 e. The molecule has 0 aliphatic carbocycles. The van der Waals surface area contributed by atoms with Crippen LogP contribution in [0.15, 0.2) is 24.3 Å². The number of ketones is 1. The lowest BCUT2D eigenvalue weighted by Crippen LogP contribution is -2.49. The van der Waals surface area contributed by atoms with E-state index in [0.717, 1.165) is 10.2 Å². The maximum atomic E-state index is 13.0. The summed E-state index contributed by atoms with van der Waals surface area (Å²) >= 11 is 0. The molecule has 0 radical (unpaired) electrons. The summed E-state index contributed by atoms with van der Waals surface area (Å²) in [5, 5.41) is 3.53. The number of anilines is 1. The summed E-state index contributed by atoms with van der Waals surface area (Å²) < 4.78 is 40.0. The third-order valence-corrected chi connectivity index (χ3v) is 5.90. The van der Waals surface area contributed by atoms with E-state index in [4.69, 9.17) is 0 Å². The highest BCUT2D eigenvalue weighted by atomic mass is 19.4. The first kappa shape index (κ1) is 22.7. The Hall–Kier alpha value is -3.50. The Kier molecular flexibility index (Phi) is 5.81. The molecule has 0 spiro atoms. The van der Waals surface area contributed by atoms with Crippen molar-refractivity contribution < 1.29 is 22.8 Å². The van der Waals surface area contributed by atoms with Crippen LogP contribution in [0.5, 0.6) is 0 Å². The third-order valence-electron chi connectivity index (χ3n) is 5.90. The molecule has 0 unspecified atom stereocenters. The summed E-state index contributed by atoms with van der Waals surface area (Å²) in [5.74, 6) is -1.51. The van der Waals surface area contributed by atoms with Crippen molar-refractivity contribution in [1.82, 2.24) is 24.5 Å². The van der Waals surface area contributed by atoms with Gasteiger partial charge in [-0.1, -0.05) is 0 Å². The third kappa shape index (κ3) is 4.53. The van der Waals surface area contributed by atoms with Gasteiger partial charge in [0.15, 0.2) is 5.78 Å². The molecule has 3 aromatic rings. The van der Waals surface area contributed by atoms with Gasteiger partial charge < -0.3 is 9.80 Å². The van der Waals surface area contributed by atoms with Crippen LogP contribution in [0.25, 0.3) is 5.78 Å². The molecule has 2 aromatic heterocycles. The van der Waals surface area contributed by atoms with E-state index in [2.05, 4.69) is 20.0 Å². The molecule has 8 nitrogen and oxygen atoms in total. The molecule has 1 aromatic carbocycles. The average Bonchev–Trinajstić information content (AvgIpc) is 3.21. The van der Waals surface area contributed by atoms with Crippen LogP contribution >= 0.6 is 0 Å². The number of hydrogen-bond acceptors (Lipinski definition) is 6. The van der Waals surface area contributed by atoms with E-state index in [-0.39, 0.29) is 23.9 Å². The number of rotatable bonds is 4. The van der Waals surface area contributed by atoms with Crippen molar-refractivity contribution in [1.29, 1.82) is 0 Å².